The second kappa shape index (κ2) is 5.87. The van der Waals surface area contributed by atoms with E-state index >= 15 is 0 Å². The summed E-state index contributed by atoms with van der Waals surface area (Å²) in [6.07, 6.45) is -5.96. The molecule has 1 unspecified atom stereocenters. The smallest absolute Gasteiger partial charge is 0.391 e. The zero-order valence-corrected chi connectivity index (χ0v) is 10.2. The van der Waals surface area contributed by atoms with Crippen LogP contribution in [0.4, 0.5) is 13.2 Å². The molecule has 1 atom stereocenters. The highest BCUT2D eigenvalue weighted by Crippen LogP contribution is 2.22. The SMILES string of the molecule is OC(COc1cccc(-n2cnnn2)c1)CC(F)(F)F. The van der Waals surface area contributed by atoms with Crippen molar-refractivity contribution in [2.75, 3.05) is 6.61 Å². The molecule has 9 heteroatoms. The van der Waals surface area contributed by atoms with Crippen LogP contribution in [0.15, 0.2) is 30.6 Å². The number of aliphatic hydroxyl groups is 1. The Hall–Kier alpha value is -2.16. The molecular weight excluding hydrogens is 277 g/mol. The Kier molecular flexibility index (Phi) is 4.18. The van der Waals surface area contributed by atoms with Crippen molar-refractivity contribution in [1.29, 1.82) is 0 Å². The fraction of sp³-hybridized carbons (Fsp3) is 0.364. The molecule has 20 heavy (non-hydrogen) atoms. The van der Waals surface area contributed by atoms with Gasteiger partial charge >= 0.3 is 6.18 Å². The number of benzene rings is 1. The minimum Gasteiger partial charge on any atom is -0.491 e. The molecule has 0 saturated carbocycles. The number of aliphatic hydroxyl groups excluding tert-OH is 1. The van der Waals surface area contributed by atoms with Gasteiger partial charge in [0.05, 0.1) is 18.2 Å². The van der Waals surface area contributed by atoms with Crippen LogP contribution < -0.4 is 4.74 Å². The molecule has 6 nitrogen and oxygen atoms in total. The van der Waals surface area contributed by atoms with E-state index in [0.717, 1.165) is 0 Å². The Labute approximate surface area is 111 Å². The molecule has 1 aromatic heterocycles. The van der Waals surface area contributed by atoms with E-state index in [9.17, 15) is 18.3 Å². The molecule has 0 aliphatic carbocycles. The summed E-state index contributed by atoms with van der Waals surface area (Å²) in [7, 11) is 0. The van der Waals surface area contributed by atoms with Crippen LogP contribution in [-0.4, -0.2) is 44.2 Å². The highest BCUT2D eigenvalue weighted by atomic mass is 19.4. The predicted octanol–water partition coefficient (Wildman–Crippen LogP) is 1.35. The normalized spacial score (nSPS) is 13.2. The first kappa shape index (κ1) is 14.3. The maximum atomic E-state index is 12.0. The molecular formula is C11H11F3N4O2. The molecule has 0 spiro atoms. The number of aromatic nitrogens is 4. The Morgan fingerprint density at radius 1 is 1.35 bits per heavy atom. The molecule has 0 saturated heterocycles. The average molecular weight is 288 g/mol. The van der Waals surface area contributed by atoms with Crippen LogP contribution >= 0.6 is 0 Å². The monoisotopic (exact) mass is 288 g/mol. The number of ether oxygens (including phenoxy) is 1. The lowest BCUT2D eigenvalue weighted by atomic mass is 10.2. The zero-order chi connectivity index (χ0) is 14.6. The van der Waals surface area contributed by atoms with Crippen LogP contribution in [0.3, 0.4) is 0 Å². The van der Waals surface area contributed by atoms with Gasteiger partial charge in [0.15, 0.2) is 0 Å². The molecule has 0 amide bonds. The molecule has 1 aromatic carbocycles. The number of halogens is 3. The molecule has 0 fully saturated rings. The van der Waals surface area contributed by atoms with E-state index in [1.165, 1.54) is 11.0 Å². The van der Waals surface area contributed by atoms with E-state index in [4.69, 9.17) is 4.74 Å². The highest BCUT2D eigenvalue weighted by molar-refractivity contribution is 5.37. The topological polar surface area (TPSA) is 73.1 Å². The zero-order valence-electron chi connectivity index (χ0n) is 10.2. The third kappa shape index (κ3) is 4.19. The number of nitrogens with zero attached hydrogens (tertiary/aromatic N) is 4. The molecule has 0 aliphatic rings. The summed E-state index contributed by atoms with van der Waals surface area (Å²) in [6.45, 7) is -0.446. The van der Waals surface area contributed by atoms with Crippen LogP contribution in [0.2, 0.25) is 0 Å². The predicted molar refractivity (Wildman–Crippen MR) is 61.3 cm³/mol. The Balaban J connectivity index is 1.95. The van der Waals surface area contributed by atoms with Gasteiger partial charge in [-0.2, -0.15) is 13.2 Å². The quantitative estimate of drug-likeness (QED) is 0.899. The highest BCUT2D eigenvalue weighted by Gasteiger charge is 2.31. The summed E-state index contributed by atoms with van der Waals surface area (Å²) in [5.41, 5.74) is 0.595. The summed E-state index contributed by atoms with van der Waals surface area (Å²) < 4.78 is 42.6. The van der Waals surface area contributed by atoms with Crippen molar-refractivity contribution >= 4 is 0 Å². The largest absolute Gasteiger partial charge is 0.491 e. The van der Waals surface area contributed by atoms with Gasteiger partial charge in [-0.25, -0.2) is 4.68 Å². The number of alkyl halides is 3. The van der Waals surface area contributed by atoms with Gasteiger partial charge < -0.3 is 9.84 Å². The van der Waals surface area contributed by atoms with Crippen LogP contribution in [0.5, 0.6) is 5.75 Å². The number of tetrazole rings is 1. The lowest BCUT2D eigenvalue weighted by molar-refractivity contribution is -0.156. The minimum absolute atomic E-state index is 0.319. The van der Waals surface area contributed by atoms with Gasteiger partial charge in [-0.3, -0.25) is 0 Å². The van der Waals surface area contributed by atoms with Crippen molar-refractivity contribution in [3.05, 3.63) is 30.6 Å². The molecule has 108 valence electrons. The molecule has 2 rings (SSSR count). The molecule has 2 aromatic rings. The Morgan fingerprint density at radius 3 is 2.80 bits per heavy atom. The summed E-state index contributed by atoms with van der Waals surface area (Å²) in [5.74, 6) is 0.319. The van der Waals surface area contributed by atoms with Crippen molar-refractivity contribution in [2.45, 2.75) is 18.7 Å². The lowest BCUT2D eigenvalue weighted by Gasteiger charge is -2.14. The average Bonchev–Trinajstić information content (AvgIpc) is 2.88. The second-order valence-electron chi connectivity index (χ2n) is 4.04. The van der Waals surface area contributed by atoms with E-state index in [1.54, 1.807) is 24.3 Å². The van der Waals surface area contributed by atoms with E-state index in [0.29, 0.717) is 11.4 Å². The number of hydrogen-bond acceptors (Lipinski definition) is 5. The van der Waals surface area contributed by atoms with Gasteiger partial charge in [-0.1, -0.05) is 6.07 Å². The maximum Gasteiger partial charge on any atom is 0.391 e. The van der Waals surface area contributed by atoms with Crippen LogP contribution in [0.25, 0.3) is 5.69 Å². The van der Waals surface area contributed by atoms with Crippen molar-refractivity contribution in [2.24, 2.45) is 0 Å². The molecule has 0 bridgehead atoms. The van der Waals surface area contributed by atoms with Gasteiger partial charge in [0.1, 0.15) is 18.7 Å². The Bertz CT molecular complexity index is 545. The first-order chi connectivity index (χ1) is 9.44. The summed E-state index contributed by atoms with van der Waals surface area (Å²) in [4.78, 5) is 0. The first-order valence-electron chi connectivity index (χ1n) is 5.65. The van der Waals surface area contributed by atoms with E-state index in [2.05, 4.69) is 15.5 Å². The van der Waals surface area contributed by atoms with Crippen molar-refractivity contribution in [3.8, 4) is 11.4 Å². The summed E-state index contributed by atoms with van der Waals surface area (Å²) >= 11 is 0. The maximum absolute atomic E-state index is 12.0. The Morgan fingerprint density at radius 2 is 2.15 bits per heavy atom. The minimum atomic E-state index is -4.42. The van der Waals surface area contributed by atoms with Crippen LogP contribution in [0, 0.1) is 0 Å². The van der Waals surface area contributed by atoms with Gasteiger partial charge in [0.25, 0.3) is 0 Å². The standard InChI is InChI=1S/C11H11F3N4O2/c12-11(13,14)5-9(19)6-20-10-3-1-2-8(4-10)18-7-15-16-17-18/h1-4,7,9,19H,5-6H2. The third-order valence-corrected chi connectivity index (χ3v) is 2.34. The second-order valence-corrected chi connectivity index (χ2v) is 4.04. The summed E-state index contributed by atoms with van der Waals surface area (Å²) in [6, 6.07) is 6.46. The lowest BCUT2D eigenvalue weighted by Crippen LogP contribution is -2.25. The van der Waals surface area contributed by atoms with Crippen molar-refractivity contribution < 1.29 is 23.0 Å². The third-order valence-electron chi connectivity index (χ3n) is 2.34. The van der Waals surface area contributed by atoms with Crippen LogP contribution in [0.1, 0.15) is 6.42 Å². The van der Waals surface area contributed by atoms with Gasteiger partial charge in [0.2, 0.25) is 0 Å². The molecule has 0 radical (unpaired) electrons. The van der Waals surface area contributed by atoms with Gasteiger partial charge in [0, 0.05) is 6.07 Å². The van der Waals surface area contributed by atoms with E-state index < -0.39 is 25.3 Å². The van der Waals surface area contributed by atoms with Gasteiger partial charge in [-0.15, -0.1) is 5.10 Å². The fourth-order valence-electron chi connectivity index (χ4n) is 1.51. The van der Waals surface area contributed by atoms with Gasteiger partial charge in [-0.05, 0) is 22.6 Å². The molecule has 1 N–H and O–H groups in total. The number of rotatable bonds is 5. The number of hydrogen-bond donors (Lipinski definition) is 1. The van der Waals surface area contributed by atoms with E-state index in [1.807, 2.05) is 0 Å². The first-order valence-corrected chi connectivity index (χ1v) is 5.65. The van der Waals surface area contributed by atoms with E-state index in [-0.39, 0.29) is 0 Å². The molecule has 1 heterocycles. The van der Waals surface area contributed by atoms with Crippen molar-refractivity contribution in [3.63, 3.8) is 0 Å². The molecule has 0 aliphatic heterocycles. The van der Waals surface area contributed by atoms with Crippen molar-refractivity contribution in [1.82, 2.24) is 20.2 Å². The summed E-state index contributed by atoms with van der Waals surface area (Å²) in [5, 5.41) is 19.8. The fourth-order valence-corrected chi connectivity index (χ4v) is 1.51. The van der Waals surface area contributed by atoms with Crippen LogP contribution in [-0.2, 0) is 0 Å².